The van der Waals surface area contributed by atoms with Crippen LogP contribution in [-0.2, 0) is 11.1 Å². The van der Waals surface area contributed by atoms with E-state index in [0.29, 0.717) is 22.2 Å². The summed E-state index contributed by atoms with van der Waals surface area (Å²) in [6.45, 7) is 7.34. The number of pyridine rings is 1. The van der Waals surface area contributed by atoms with Gasteiger partial charge < -0.3 is 10.4 Å². The Hall–Kier alpha value is -2.51. The molecular weight excluding hydrogens is 352 g/mol. The predicted molar refractivity (Wildman–Crippen MR) is 100 cm³/mol. The number of rotatable bonds is 5. The maximum atomic E-state index is 10.0. The quantitative estimate of drug-likeness (QED) is 0.714. The molecule has 8 heteroatoms. The molecule has 3 heterocycles. The molecule has 0 atom stereocenters. The van der Waals surface area contributed by atoms with Crippen molar-refractivity contribution in [2.45, 2.75) is 38.8 Å². The summed E-state index contributed by atoms with van der Waals surface area (Å²) >= 11 is 6.24. The molecule has 0 aliphatic rings. The molecule has 7 nitrogen and oxygen atoms in total. The lowest BCUT2D eigenvalue weighted by Crippen LogP contribution is -2.30. The molecule has 0 amide bonds. The highest BCUT2D eigenvalue weighted by Gasteiger charge is 2.25. The van der Waals surface area contributed by atoms with Gasteiger partial charge in [-0.2, -0.15) is 5.10 Å². The fraction of sp³-hybridized carbons (Fsp3) is 0.333. The van der Waals surface area contributed by atoms with E-state index in [0.717, 1.165) is 5.69 Å². The maximum Gasteiger partial charge on any atom is 0.223 e. The Kier molecular flexibility index (Phi) is 4.68. The number of nitrogens with zero attached hydrogens (tertiary/aromatic N) is 5. The molecule has 3 aromatic rings. The van der Waals surface area contributed by atoms with E-state index in [4.69, 9.17) is 11.6 Å². The van der Waals surface area contributed by atoms with Crippen LogP contribution in [0.2, 0.25) is 5.02 Å². The van der Waals surface area contributed by atoms with Gasteiger partial charge in [-0.25, -0.2) is 14.6 Å². The Morgan fingerprint density at radius 3 is 2.35 bits per heavy atom. The minimum atomic E-state index is -0.952. The van der Waals surface area contributed by atoms with Crippen LogP contribution in [0.15, 0.2) is 43.1 Å². The van der Waals surface area contributed by atoms with Crippen molar-refractivity contribution in [3.05, 3.63) is 59.4 Å². The van der Waals surface area contributed by atoms with Crippen molar-refractivity contribution >= 4 is 17.5 Å². The second-order valence-corrected chi connectivity index (χ2v) is 7.49. The monoisotopic (exact) mass is 372 g/mol. The third kappa shape index (κ3) is 3.84. The normalized spacial score (nSPS) is 12.2. The van der Waals surface area contributed by atoms with Crippen LogP contribution in [0.3, 0.4) is 0 Å². The van der Waals surface area contributed by atoms with E-state index in [-0.39, 0.29) is 0 Å². The molecule has 0 aromatic carbocycles. The van der Waals surface area contributed by atoms with E-state index in [2.05, 4.69) is 25.4 Å². The van der Waals surface area contributed by atoms with Gasteiger partial charge in [-0.05, 0) is 39.8 Å². The topological polar surface area (TPSA) is 88.8 Å². The van der Waals surface area contributed by atoms with Gasteiger partial charge in [0.2, 0.25) is 5.95 Å². The van der Waals surface area contributed by atoms with Crippen molar-refractivity contribution in [1.82, 2.24) is 24.7 Å². The van der Waals surface area contributed by atoms with Gasteiger partial charge in [0.25, 0.3) is 0 Å². The number of nitrogens with one attached hydrogen (secondary N) is 1. The van der Waals surface area contributed by atoms with Gasteiger partial charge in [-0.15, -0.1) is 0 Å². The summed E-state index contributed by atoms with van der Waals surface area (Å²) < 4.78 is 1.62. The van der Waals surface area contributed by atoms with Gasteiger partial charge in [-0.3, -0.25) is 4.98 Å². The Morgan fingerprint density at radius 2 is 1.77 bits per heavy atom. The van der Waals surface area contributed by atoms with Gasteiger partial charge in [0.1, 0.15) is 5.69 Å². The average molecular weight is 373 g/mol. The number of aliphatic hydroxyl groups is 1. The van der Waals surface area contributed by atoms with Crippen LogP contribution in [0.4, 0.5) is 5.95 Å². The molecule has 0 saturated heterocycles. The van der Waals surface area contributed by atoms with E-state index >= 15 is 0 Å². The summed E-state index contributed by atoms with van der Waals surface area (Å²) in [5, 5.41) is 18.1. The van der Waals surface area contributed by atoms with E-state index < -0.39 is 11.1 Å². The molecule has 0 spiro atoms. The summed E-state index contributed by atoms with van der Waals surface area (Å²) in [4.78, 5) is 13.1. The van der Waals surface area contributed by atoms with Gasteiger partial charge in [0.15, 0.2) is 0 Å². The van der Waals surface area contributed by atoms with Crippen molar-refractivity contribution in [2.24, 2.45) is 0 Å². The number of aromatic nitrogens is 5. The van der Waals surface area contributed by atoms with Gasteiger partial charge in [0, 0.05) is 18.0 Å². The highest BCUT2D eigenvalue weighted by atomic mass is 35.5. The first-order chi connectivity index (χ1) is 12.2. The minimum Gasteiger partial charge on any atom is -0.386 e. The maximum absolute atomic E-state index is 10.0. The number of hydrogen-bond donors (Lipinski definition) is 2. The molecule has 0 bridgehead atoms. The third-order valence-corrected chi connectivity index (χ3v) is 4.27. The van der Waals surface area contributed by atoms with Crippen molar-refractivity contribution in [3.8, 4) is 5.69 Å². The number of anilines is 1. The summed E-state index contributed by atoms with van der Waals surface area (Å²) in [5.74, 6) is 0.454. The number of halogens is 1. The zero-order valence-corrected chi connectivity index (χ0v) is 15.9. The molecule has 3 rings (SSSR count). The highest BCUT2D eigenvalue weighted by Crippen LogP contribution is 2.28. The van der Waals surface area contributed by atoms with Gasteiger partial charge >= 0.3 is 0 Å². The van der Waals surface area contributed by atoms with Gasteiger partial charge in [-0.1, -0.05) is 11.6 Å². The van der Waals surface area contributed by atoms with Crippen LogP contribution in [0.5, 0.6) is 0 Å². The third-order valence-electron chi connectivity index (χ3n) is 3.97. The molecule has 0 unspecified atom stereocenters. The smallest absolute Gasteiger partial charge is 0.223 e. The molecule has 0 radical (unpaired) electrons. The molecular formula is C18H21ClN6O. The highest BCUT2D eigenvalue weighted by molar-refractivity contribution is 6.31. The lowest BCUT2D eigenvalue weighted by atomic mass is 10.00. The predicted octanol–water partition coefficient (Wildman–Crippen LogP) is 3.29. The standard InChI is InChI=1S/C18H21ClN6O/c1-17(2,15-14(19)6-5-7-20-15)24-16-21-9-13(10-22-16)25-11-12(8-23-25)18(3,4)26/h5-11,26H,1-4H3,(H,21,22,24). The van der Waals surface area contributed by atoms with Crippen LogP contribution in [0.25, 0.3) is 5.69 Å². The largest absolute Gasteiger partial charge is 0.386 e. The van der Waals surface area contributed by atoms with Crippen LogP contribution >= 0.6 is 11.6 Å². The number of hydrogen-bond acceptors (Lipinski definition) is 6. The second kappa shape index (κ2) is 6.66. The molecule has 3 aromatic heterocycles. The van der Waals surface area contributed by atoms with Crippen molar-refractivity contribution < 1.29 is 5.11 Å². The Bertz CT molecular complexity index is 899. The lowest BCUT2D eigenvalue weighted by molar-refractivity contribution is 0.0786. The van der Waals surface area contributed by atoms with E-state index in [1.807, 2.05) is 13.8 Å². The molecule has 0 aliphatic heterocycles. The lowest BCUT2D eigenvalue weighted by Gasteiger charge is -2.26. The average Bonchev–Trinajstić information content (AvgIpc) is 3.06. The van der Waals surface area contributed by atoms with Crippen molar-refractivity contribution in [3.63, 3.8) is 0 Å². The molecule has 2 N–H and O–H groups in total. The first kappa shape index (κ1) is 18.3. The zero-order valence-electron chi connectivity index (χ0n) is 15.1. The summed E-state index contributed by atoms with van der Waals surface area (Å²) in [6, 6.07) is 3.59. The zero-order chi connectivity index (χ0) is 18.9. The Morgan fingerprint density at radius 1 is 1.08 bits per heavy atom. The second-order valence-electron chi connectivity index (χ2n) is 7.08. The van der Waals surface area contributed by atoms with Gasteiger partial charge in [0.05, 0.1) is 40.4 Å². The SMILES string of the molecule is CC(C)(O)c1cnn(-c2cnc(NC(C)(C)c3ncccc3Cl)nc2)c1. The first-order valence-corrected chi connectivity index (χ1v) is 8.54. The minimum absolute atomic E-state index is 0.454. The fourth-order valence-electron chi connectivity index (χ4n) is 2.47. The summed E-state index contributed by atoms with van der Waals surface area (Å²) in [6.07, 6.45) is 8.40. The van der Waals surface area contributed by atoms with Crippen LogP contribution in [0, 0.1) is 0 Å². The molecule has 0 aliphatic carbocycles. The molecule has 0 fully saturated rings. The Balaban J connectivity index is 1.80. The van der Waals surface area contributed by atoms with Crippen molar-refractivity contribution in [1.29, 1.82) is 0 Å². The van der Waals surface area contributed by atoms with E-state index in [1.54, 1.807) is 61.6 Å². The first-order valence-electron chi connectivity index (χ1n) is 8.16. The van der Waals surface area contributed by atoms with Crippen LogP contribution in [-0.4, -0.2) is 29.8 Å². The van der Waals surface area contributed by atoms with E-state index in [9.17, 15) is 5.11 Å². The molecule has 136 valence electrons. The fourth-order valence-corrected chi connectivity index (χ4v) is 2.83. The molecule has 0 saturated carbocycles. The summed E-state index contributed by atoms with van der Waals surface area (Å²) in [7, 11) is 0. The Labute approximate surface area is 157 Å². The van der Waals surface area contributed by atoms with Crippen molar-refractivity contribution in [2.75, 3.05) is 5.32 Å². The van der Waals surface area contributed by atoms with Crippen LogP contribution in [0.1, 0.15) is 39.0 Å². The summed E-state index contributed by atoms with van der Waals surface area (Å²) in [5.41, 5.74) is 0.633. The molecule has 26 heavy (non-hydrogen) atoms. The van der Waals surface area contributed by atoms with E-state index in [1.165, 1.54) is 0 Å². The van der Waals surface area contributed by atoms with Crippen LogP contribution < -0.4 is 5.32 Å².